The normalized spacial score (nSPS) is 13.3. The predicted octanol–water partition coefficient (Wildman–Crippen LogP) is -0.233. The number of rotatable bonds is 8. The van der Waals surface area contributed by atoms with Gasteiger partial charge in [0.25, 0.3) is 0 Å². The molecule has 0 spiro atoms. The molecule has 0 unspecified atom stereocenters. The number of nitrogens with one attached hydrogen (secondary N) is 3. The van der Waals surface area contributed by atoms with Crippen LogP contribution in [0.2, 0.25) is 0 Å². The minimum Gasteiger partial charge on any atom is -0.486 e. The molecule has 1 heterocycles. The van der Waals surface area contributed by atoms with Crippen molar-refractivity contribution in [1.82, 2.24) is 15.4 Å². The van der Waals surface area contributed by atoms with Crippen LogP contribution in [0, 0.1) is 0 Å². The Morgan fingerprint density at radius 3 is 2.50 bits per heavy atom. The maximum absolute atomic E-state index is 12.3. The first-order chi connectivity index (χ1) is 12.3. The lowest BCUT2D eigenvalue weighted by molar-refractivity contribution is -0.126. The molecule has 1 aromatic rings. The minimum atomic E-state index is -3.78. The van der Waals surface area contributed by atoms with Crippen molar-refractivity contribution >= 4 is 21.8 Å². The van der Waals surface area contributed by atoms with Gasteiger partial charge in [-0.25, -0.2) is 13.1 Å². The standard InChI is InChI=1S/C16H23N3O6S/c1-11(2)19-16(21)10-17-15(20)5-6-18-26(22,23)12-3-4-13-14(9-12)25-8-7-24-13/h3-4,9,11,18H,5-8,10H2,1-2H3,(H,17,20)(H,19,21). The van der Waals surface area contributed by atoms with Crippen LogP contribution in [0.1, 0.15) is 20.3 Å². The summed E-state index contributed by atoms with van der Waals surface area (Å²) < 4.78 is 37.6. The lowest BCUT2D eigenvalue weighted by Gasteiger charge is -2.18. The molecule has 144 valence electrons. The van der Waals surface area contributed by atoms with Crippen LogP contribution in [0.15, 0.2) is 23.1 Å². The summed E-state index contributed by atoms with van der Waals surface area (Å²) in [6.07, 6.45) is -0.0846. The van der Waals surface area contributed by atoms with E-state index in [0.29, 0.717) is 24.7 Å². The highest BCUT2D eigenvalue weighted by atomic mass is 32.2. The number of hydrogen-bond acceptors (Lipinski definition) is 6. The molecule has 26 heavy (non-hydrogen) atoms. The summed E-state index contributed by atoms with van der Waals surface area (Å²) in [5.41, 5.74) is 0. The summed E-state index contributed by atoms with van der Waals surface area (Å²) in [6, 6.07) is 4.31. The SMILES string of the molecule is CC(C)NC(=O)CNC(=O)CCNS(=O)(=O)c1ccc2c(c1)OCCO2. The van der Waals surface area contributed by atoms with Gasteiger partial charge in [-0.1, -0.05) is 0 Å². The fourth-order valence-corrected chi connectivity index (χ4v) is 3.26. The molecular formula is C16H23N3O6S. The number of ether oxygens (including phenoxy) is 2. The van der Waals surface area contributed by atoms with E-state index in [1.54, 1.807) is 0 Å². The fourth-order valence-electron chi connectivity index (χ4n) is 2.21. The molecule has 0 saturated heterocycles. The van der Waals surface area contributed by atoms with Crippen molar-refractivity contribution in [2.75, 3.05) is 26.3 Å². The first kappa shape index (κ1) is 20.0. The van der Waals surface area contributed by atoms with Gasteiger partial charge >= 0.3 is 0 Å². The number of hydrogen-bond donors (Lipinski definition) is 3. The first-order valence-corrected chi connectivity index (χ1v) is 9.71. The van der Waals surface area contributed by atoms with E-state index in [0.717, 1.165) is 0 Å². The first-order valence-electron chi connectivity index (χ1n) is 8.23. The Morgan fingerprint density at radius 2 is 1.81 bits per heavy atom. The molecule has 10 heteroatoms. The van der Waals surface area contributed by atoms with Crippen molar-refractivity contribution < 1.29 is 27.5 Å². The van der Waals surface area contributed by atoms with Crippen LogP contribution in [0.5, 0.6) is 11.5 Å². The number of carbonyl (C=O) groups excluding carboxylic acids is 2. The van der Waals surface area contributed by atoms with Gasteiger partial charge in [-0.05, 0) is 26.0 Å². The number of fused-ring (bicyclic) bond motifs is 1. The second-order valence-corrected chi connectivity index (χ2v) is 7.72. The number of amides is 2. The Bertz CT molecular complexity index is 763. The molecule has 0 radical (unpaired) electrons. The highest BCUT2D eigenvalue weighted by Crippen LogP contribution is 2.32. The molecule has 0 aromatic heterocycles. The largest absolute Gasteiger partial charge is 0.486 e. The van der Waals surface area contributed by atoms with Gasteiger partial charge in [0.05, 0.1) is 11.4 Å². The molecule has 0 atom stereocenters. The third-order valence-corrected chi connectivity index (χ3v) is 4.82. The van der Waals surface area contributed by atoms with E-state index in [4.69, 9.17) is 9.47 Å². The summed E-state index contributed by atoms with van der Waals surface area (Å²) in [5, 5.41) is 5.07. The minimum absolute atomic E-state index is 0.0165. The van der Waals surface area contributed by atoms with Crippen LogP contribution in [-0.4, -0.2) is 52.6 Å². The van der Waals surface area contributed by atoms with E-state index in [9.17, 15) is 18.0 Å². The fraction of sp³-hybridized carbons (Fsp3) is 0.500. The van der Waals surface area contributed by atoms with Gasteiger partial charge in [0, 0.05) is 25.1 Å². The van der Waals surface area contributed by atoms with Crippen LogP contribution in [0.25, 0.3) is 0 Å². The summed E-state index contributed by atoms with van der Waals surface area (Å²) in [6.45, 7) is 4.16. The van der Waals surface area contributed by atoms with Crippen LogP contribution in [-0.2, 0) is 19.6 Å². The Hall–Kier alpha value is -2.33. The van der Waals surface area contributed by atoms with Crippen LogP contribution in [0.3, 0.4) is 0 Å². The highest BCUT2D eigenvalue weighted by Gasteiger charge is 2.19. The van der Waals surface area contributed by atoms with E-state index < -0.39 is 15.9 Å². The lowest BCUT2D eigenvalue weighted by Crippen LogP contribution is -2.40. The Balaban J connectivity index is 1.81. The Kier molecular flexibility index (Phi) is 6.81. The van der Waals surface area contributed by atoms with E-state index >= 15 is 0 Å². The molecule has 1 aliphatic heterocycles. The number of benzene rings is 1. The third-order valence-electron chi connectivity index (χ3n) is 3.36. The smallest absolute Gasteiger partial charge is 0.240 e. The molecule has 0 aliphatic carbocycles. The molecule has 1 aliphatic rings. The topological polar surface area (TPSA) is 123 Å². The lowest BCUT2D eigenvalue weighted by atomic mass is 10.3. The van der Waals surface area contributed by atoms with E-state index in [-0.39, 0.29) is 36.4 Å². The molecule has 0 saturated carbocycles. The maximum Gasteiger partial charge on any atom is 0.240 e. The summed E-state index contributed by atoms with van der Waals surface area (Å²) in [4.78, 5) is 23.1. The van der Waals surface area contributed by atoms with Crippen LogP contribution in [0.4, 0.5) is 0 Å². The molecule has 2 rings (SSSR count). The van der Waals surface area contributed by atoms with Gasteiger partial charge in [-0.15, -0.1) is 0 Å². The summed E-state index contributed by atoms with van der Waals surface area (Å²) >= 11 is 0. The van der Waals surface area contributed by atoms with Crippen molar-refractivity contribution in [2.24, 2.45) is 0 Å². The molecule has 9 nitrogen and oxygen atoms in total. The van der Waals surface area contributed by atoms with Crippen molar-refractivity contribution in [3.63, 3.8) is 0 Å². The van der Waals surface area contributed by atoms with Gasteiger partial charge in [0.2, 0.25) is 21.8 Å². The predicted molar refractivity (Wildman–Crippen MR) is 93.5 cm³/mol. The van der Waals surface area contributed by atoms with E-state index in [1.165, 1.54) is 18.2 Å². The maximum atomic E-state index is 12.3. The molecule has 2 amide bonds. The molecule has 3 N–H and O–H groups in total. The monoisotopic (exact) mass is 385 g/mol. The van der Waals surface area contributed by atoms with E-state index in [1.807, 2.05) is 13.8 Å². The second-order valence-electron chi connectivity index (χ2n) is 5.95. The molecule has 1 aromatic carbocycles. The van der Waals surface area contributed by atoms with Crippen molar-refractivity contribution in [3.05, 3.63) is 18.2 Å². The summed E-state index contributed by atoms with van der Waals surface area (Å²) in [7, 11) is -3.78. The van der Waals surface area contributed by atoms with Crippen molar-refractivity contribution in [1.29, 1.82) is 0 Å². The van der Waals surface area contributed by atoms with Crippen molar-refractivity contribution in [3.8, 4) is 11.5 Å². The van der Waals surface area contributed by atoms with Crippen LogP contribution >= 0.6 is 0 Å². The number of carbonyl (C=O) groups is 2. The van der Waals surface area contributed by atoms with Gasteiger partial charge in [-0.2, -0.15) is 0 Å². The summed E-state index contributed by atoms with van der Waals surface area (Å²) in [5.74, 6) is 0.140. The molecule has 0 bridgehead atoms. The zero-order chi connectivity index (χ0) is 19.2. The van der Waals surface area contributed by atoms with Gasteiger partial charge in [-0.3, -0.25) is 9.59 Å². The molecular weight excluding hydrogens is 362 g/mol. The average Bonchev–Trinajstić information content (AvgIpc) is 2.59. The quantitative estimate of drug-likeness (QED) is 0.568. The van der Waals surface area contributed by atoms with Gasteiger partial charge < -0.3 is 20.1 Å². The second kappa shape index (κ2) is 8.86. The van der Waals surface area contributed by atoms with E-state index in [2.05, 4.69) is 15.4 Å². The van der Waals surface area contributed by atoms with Gasteiger partial charge in [0.15, 0.2) is 11.5 Å². The third kappa shape index (κ3) is 5.88. The Morgan fingerprint density at radius 1 is 1.12 bits per heavy atom. The highest BCUT2D eigenvalue weighted by molar-refractivity contribution is 7.89. The zero-order valence-corrected chi connectivity index (χ0v) is 15.5. The van der Waals surface area contributed by atoms with Crippen LogP contribution < -0.4 is 24.8 Å². The number of sulfonamides is 1. The van der Waals surface area contributed by atoms with Gasteiger partial charge in [0.1, 0.15) is 13.2 Å². The Labute approximate surface area is 152 Å². The average molecular weight is 385 g/mol. The molecule has 0 fully saturated rings. The van der Waals surface area contributed by atoms with Crippen molar-refractivity contribution in [2.45, 2.75) is 31.2 Å². The zero-order valence-electron chi connectivity index (χ0n) is 14.7.